The Hall–Kier alpha value is -3.02. The van der Waals surface area contributed by atoms with Gasteiger partial charge in [-0.15, -0.1) is 0 Å². The molecule has 1 aromatic carbocycles. The summed E-state index contributed by atoms with van der Waals surface area (Å²) in [6.07, 6.45) is 10.0. The fraction of sp³-hybridized carbons (Fsp3) is 0.440. The van der Waals surface area contributed by atoms with E-state index in [0.29, 0.717) is 5.56 Å². The van der Waals surface area contributed by atoms with Crippen molar-refractivity contribution in [3.8, 4) is 11.1 Å². The van der Waals surface area contributed by atoms with Crippen LogP contribution in [0, 0.1) is 6.92 Å². The SMILES string of the molecule is CCCCc1c(-c2ccc(N3CCCC3)cc2)c(C(N)=O)c(C)n1CCc1cnc[nH]1. The number of hydrogen-bond acceptors (Lipinski definition) is 3. The largest absolute Gasteiger partial charge is 0.372 e. The first kappa shape index (κ1) is 21.2. The molecule has 3 N–H and O–H groups in total. The van der Waals surface area contributed by atoms with Gasteiger partial charge in [0.2, 0.25) is 0 Å². The molecule has 31 heavy (non-hydrogen) atoms. The number of rotatable bonds is 9. The summed E-state index contributed by atoms with van der Waals surface area (Å²) in [5, 5.41) is 0. The monoisotopic (exact) mass is 419 g/mol. The maximum Gasteiger partial charge on any atom is 0.251 e. The Bertz CT molecular complexity index is 1010. The summed E-state index contributed by atoms with van der Waals surface area (Å²) in [5.74, 6) is -0.353. The van der Waals surface area contributed by atoms with Crippen molar-refractivity contribution in [3.63, 3.8) is 0 Å². The molecule has 0 atom stereocenters. The van der Waals surface area contributed by atoms with Gasteiger partial charge in [0.25, 0.3) is 5.91 Å². The Morgan fingerprint density at radius 3 is 2.52 bits per heavy atom. The number of H-pyrrole nitrogens is 1. The molecule has 6 nitrogen and oxygen atoms in total. The van der Waals surface area contributed by atoms with Crippen LogP contribution in [0.3, 0.4) is 0 Å². The van der Waals surface area contributed by atoms with Gasteiger partial charge in [-0.25, -0.2) is 4.98 Å². The van der Waals surface area contributed by atoms with Gasteiger partial charge in [0.15, 0.2) is 0 Å². The number of aromatic nitrogens is 3. The van der Waals surface area contributed by atoms with Gasteiger partial charge in [-0.3, -0.25) is 4.79 Å². The molecule has 1 aliphatic heterocycles. The number of hydrogen-bond donors (Lipinski definition) is 2. The van der Waals surface area contributed by atoms with E-state index in [4.69, 9.17) is 5.73 Å². The maximum absolute atomic E-state index is 12.5. The number of unbranched alkanes of at least 4 members (excludes halogenated alkanes) is 1. The minimum Gasteiger partial charge on any atom is -0.372 e. The van der Waals surface area contributed by atoms with E-state index in [9.17, 15) is 4.79 Å². The number of imidazole rings is 1. The molecule has 6 heteroatoms. The van der Waals surface area contributed by atoms with E-state index in [0.717, 1.165) is 67.8 Å². The highest BCUT2D eigenvalue weighted by Gasteiger charge is 2.24. The minimum absolute atomic E-state index is 0.353. The van der Waals surface area contributed by atoms with E-state index < -0.39 is 0 Å². The van der Waals surface area contributed by atoms with Gasteiger partial charge in [-0.1, -0.05) is 25.5 Å². The van der Waals surface area contributed by atoms with Crippen molar-refractivity contribution in [2.45, 2.75) is 58.9 Å². The third-order valence-electron chi connectivity index (χ3n) is 6.43. The molecule has 0 spiro atoms. The molecular weight excluding hydrogens is 386 g/mol. The molecule has 1 fully saturated rings. The number of aromatic amines is 1. The van der Waals surface area contributed by atoms with Gasteiger partial charge in [0, 0.05) is 60.6 Å². The molecule has 3 aromatic rings. The molecule has 2 aromatic heterocycles. The number of carbonyl (C=O) groups excluding carboxylic acids is 1. The van der Waals surface area contributed by atoms with E-state index in [-0.39, 0.29) is 5.91 Å². The Morgan fingerprint density at radius 1 is 1.16 bits per heavy atom. The Kier molecular flexibility index (Phi) is 6.44. The lowest BCUT2D eigenvalue weighted by Gasteiger charge is -2.18. The number of nitrogens with zero attached hydrogens (tertiary/aromatic N) is 3. The molecule has 1 aliphatic rings. The number of nitrogens with one attached hydrogen (secondary N) is 1. The molecule has 1 saturated heterocycles. The summed E-state index contributed by atoms with van der Waals surface area (Å²) in [6, 6.07) is 8.69. The molecule has 1 amide bonds. The van der Waals surface area contributed by atoms with Gasteiger partial charge in [0.1, 0.15) is 0 Å². The molecular formula is C25H33N5O. The maximum atomic E-state index is 12.5. The number of carbonyl (C=O) groups is 1. The molecule has 0 saturated carbocycles. The van der Waals surface area contributed by atoms with Crippen LogP contribution in [0.4, 0.5) is 5.69 Å². The molecule has 4 rings (SSSR count). The first-order chi connectivity index (χ1) is 15.1. The van der Waals surface area contributed by atoms with Crippen molar-refractivity contribution in [3.05, 3.63) is 59.4 Å². The second-order valence-corrected chi connectivity index (χ2v) is 8.47. The van der Waals surface area contributed by atoms with Crippen LogP contribution < -0.4 is 10.6 Å². The summed E-state index contributed by atoms with van der Waals surface area (Å²) in [7, 11) is 0. The standard InChI is InChI=1S/C25H33N5O/c1-3-4-7-22-24(19-8-10-21(11-9-19)29-13-5-6-14-29)23(25(26)31)18(2)30(22)15-12-20-16-27-17-28-20/h8-11,16-17H,3-7,12-15H2,1-2H3,(H2,26,31)(H,27,28). The fourth-order valence-corrected chi connectivity index (χ4v) is 4.78. The van der Waals surface area contributed by atoms with E-state index in [1.165, 1.54) is 24.2 Å². The van der Waals surface area contributed by atoms with Crippen LogP contribution in [-0.2, 0) is 19.4 Å². The zero-order chi connectivity index (χ0) is 21.8. The Morgan fingerprint density at radius 2 is 1.90 bits per heavy atom. The van der Waals surface area contributed by atoms with Crippen molar-refractivity contribution in [1.29, 1.82) is 0 Å². The van der Waals surface area contributed by atoms with Crippen molar-refractivity contribution in [1.82, 2.24) is 14.5 Å². The Labute approximate surface area is 184 Å². The second kappa shape index (κ2) is 9.41. The third-order valence-corrected chi connectivity index (χ3v) is 6.43. The van der Waals surface area contributed by atoms with E-state index in [1.807, 2.05) is 13.1 Å². The number of nitrogens with two attached hydrogens (primary N) is 1. The average Bonchev–Trinajstić information content (AvgIpc) is 3.52. The second-order valence-electron chi connectivity index (χ2n) is 8.47. The lowest BCUT2D eigenvalue weighted by molar-refractivity contribution is 0.1000. The number of aryl methyl sites for hydroxylation is 1. The molecule has 0 bridgehead atoms. The summed E-state index contributed by atoms with van der Waals surface area (Å²) < 4.78 is 2.29. The van der Waals surface area contributed by atoms with Crippen LogP contribution in [0.15, 0.2) is 36.8 Å². The van der Waals surface area contributed by atoms with Crippen LogP contribution in [0.2, 0.25) is 0 Å². The molecule has 0 unspecified atom stereocenters. The topological polar surface area (TPSA) is 79.9 Å². The molecule has 0 aliphatic carbocycles. The number of amides is 1. The normalized spacial score (nSPS) is 13.8. The fourth-order valence-electron chi connectivity index (χ4n) is 4.78. The average molecular weight is 420 g/mol. The predicted molar refractivity (Wildman–Crippen MR) is 125 cm³/mol. The van der Waals surface area contributed by atoms with Crippen molar-refractivity contribution in [2.75, 3.05) is 18.0 Å². The van der Waals surface area contributed by atoms with Crippen LogP contribution in [0.25, 0.3) is 11.1 Å². The van der Waals surface area contributed by atoms with E-state index in [2.05, 4.69) is 50.6 Å². The van der Waals surface area contributed by atoms with Crippen molar-refractivity contribution in [2.24, 2.45) is 5.73 Å². The summed E-state index contributed by atoms with van der Waals surface area (Å²) in [5.41, 5.74) is 13.2. The van der Waals surface area contributed by atoms with Gasteiger partial charge in [0.05, 0.1) is 11.9 Å². The van der Waals surface area contributed by atoms with Crippen LogP contribution >= 0.6 is 0 Å². The molecule has 164 valence electrons. The highest BCUT2D eigenvalue weighted by Crippen LogP contribution is 2.35. The third kappa shape index (κ3) is 4.38. The lowest BCUT2D eigenvalue weighted by atomic mass is 9.97. The smallest absolute Gasteiger partial charge is 0.251 e. The minimum atomic E-state index is -0.353. The zero-order valence-electron chi connectivity index (χ0n) is 18.7. The highest BCUT2D eigenvalue weighted by atomic mass is 16.1. The van der Waals surface area contributed by atoms with Crippen molar-refractivity contribution >= 4 is 11.6 Å². The Balaban J connectivity index is 1.75. The van der Waals surface area contributed by atoms with Crippen LogP contribution in [0.5, 0.6) is 0 Å². The van der Waals surface area contributed by atoms with Gasteiger partial charge in [-0.05, 0) is 50.3 Å². The van der Waals surface area contributed by atoms with Gasteiger partial charge < -0.3 is 20.2 Å². The van der Waals surface area contributed by atoms with Gasteiger partial charge >= 0.3 is 0 Å². The summed E-state index contributed by atoms with van der Waals surface area (Å²) >= 11 is 0. The number of benzene rings is 1. The van der Waals surface area contributed by atoms with E-state index >= 15 is 0 Å². The van der Waals surface area contributed by atoms with Crippen LogP contribution in [0.1, 0.15) is 60.0 Å². The number of anilines is 1. The highest BCUT2D eigenvalue weighted by molar-refractivity contribution is 6.02. The summed E-state index contributed by atoms with van der Waals surface area (Å²) in [4.78, 5) is 22.3. The number of primary amides is 1. The zero-order valence-corrected chi connectivity index (χ0v) is 18.7. The van der Waals surface area contributed by atoms with Crippen molar-refractivity contribution < 1.29 is 4.79 Å². The molecule has 0 radical (unpaired) electrons. The predicted octanol–water partition coefficient (Wildman–Crippen LogP) is 4.47. The van der Waals surface area contributed by atoms with Crippen LogP contribution in [-0.4, -0.2) is 33.5 Å². The quantitative estimate of drug-likeness (QED) is 0.537. The first-order valence-corrected chi connectivity index (χ1v) is 11.4. The molecule has 3 heterocycles. The summed E-state index contributed by atoms with van der Waals surface area (Å²) in [6.45, 7) is 7.25. The lowest BCUT2D eigenvalue weighted by Crippen LogP contribution is -2.17. The van der Waals surface area contributed by atoms with Gasteiger partial charge in [-0.2, -0.15) is 0 Å². The first-order valence-electron chi connectivity index (χ1n) is 11.4. The van der Waals surface area contributed by atoms with E-state index in [1.54, 1.807) is 6.33 Å².